The van der Waals surface area contributed by atoms with Gasteiger partial charge in [0.05, 0.1) is 18.3 Å². The Balaban J connectivity index is 1.64. The van der Waals surface area contributed by atoms with Gasteiger partial charge < -0.3 is 9.09 Å². The highest BCUT2D eigenvalue weighted by atomic mass is 16.5. The number of carbonyl (C=O) groups is 1. The van der Waals surface area contributed by atoms with Crippen molar-refractivity contribution in [3.05, 3.63) is 30.0 Å². The van der Waals surface area contributed by atoms with E-state index < -0.39 is 0 Å². The summed E-state index contributed by atoms with van der Waals surface area (Å²) < 4.78 is 7.11. The molecule has 2 aromatic heterocycles. The molecule has 0 fully saturated rings. The normalized spacial score (nSPS) is 16.7. The highest BCUT2D eigenvalue weighted by Crippen LogP contribution is 2.15. The van der Waals surface area contributed by atoms with E-state index in [2.05, 4.69) is 24.9 Å². The number of aryl methyl sites for hydroxylation is 1. The summed E-state index contributed by atoms with van der Waals surface area (Å²) in [5.41, 5.74) is 0.743. The zero-order valence-corrected chi connectivity index (χ0v) is 11.5. The van der Waals surface area contributed by atoms with Gasteiger partial charge in [0.25, 0.3) is 0 Å². The van der Waals surface area contributed by atoms with Gasteiger partial charge in [-0.15, -0.1) is 0 Å². The summed E-state index contributed by atoms with van der Waals surface area (Å²) in [5.74, 6) is 1.28. The molecule has 0 spiro atoms. The van der Waals surface area contributed by atoms with Crippen LogP contribution in [0.5, 0.6) is 0 Å². The number of amides is 1. The van der Waals surface area contributed by atoms with Gasteiger partial charge in [-0.1, -0.05) is 5.16 Å². The third-order valence-electron chi connectivity index (χ3n) is 3.58. The number of aromatic nitrogens is 3. The van der Waals surface area contributed by atoms with Crippen LogP contribution in [0.1, 0.15) is 18.4 Å². The molecular weight excluding hydrogens is 258 g/mol. The number of nitrogens with one attached hydrogen (secondary N) is 1. The lowest BCUT2D eigenvalue weighted by Crippen LogP contribution is -2.45. The van der Waals surface area contributed by atoms with Crippen molar-refractivity contribution in [2.45, 2.75) is 33.0 Å². The molecule has 1 atom stereocenters. The molecule has 1 aliphatic heterocycles. The monoisotopic (exact) mass is 275 g/mol. The quantitative estimate of drug-likeness (QED) is 0.905. The number of imidazole rings is 1. The van der Waals surface area contributed by atoms with Crippen molar-refractivity contribution >= 4 is 11.8 Å². The first-order chi connectivity index (χ1) is 9.63. The molecule has 1 N–H and O–H groups in total. The predicted molar refractivity (Wildman–Crippen MR) is 72.0 cm³/mol. The lowest BCUT2D eigenvalue weighted by atomic mass is 10.2. The number of hydrogen-bond acceptors (Lipinski definition) is 5. The molecule has 7 nitrogen and oxygen atoms in total. The summed E-state index contributed by atoms with van der Waals surface area (Å²) in [5, 5.41) is 6.49. The van der Waals surface area contributed by atoms with E-state index >= 15 is 0 Å². The average Bonchev–Trinajstić information content (AvgIpc) is 3.05. The SMILES string of the molecule is Cc1cc(NC(=O)[C@@H](C)N2CCn3ccnc3C2)on1. The van der Waals surface area contributed by atoms with Crippen molar-refractivity contribution in [1.82, 2.24) is 19.6 Å². The first kappa shape index (κ1) is 12.9. The second kappa shape index (κ2) is 5.09. The largest absolute Gasteiger partial charge is 0.338 e. The maximum absolute atomic E-state index is 12.2. The minimum Gasteiger partial charge on any atom is -0.338 e. The Morgan fingerprint density at radius 3 is 3.10 bits per heavy atom. The van der Waals surface area contributed by atoms with Crippen LogP contribution in [0.4, 0.5) is 5.88 Å². The Morgan fingerprint density at radius 1 is 1.50 bits per heavy atom. The number of hydrogen-bond donors (Lipinski definition) is 1. The molecule has 1 amide bonds. The average molecular weight is 275 g/mol. The van der Waals surface area contributed by atoms with Gasteiger partial charge in [0.1, 0.15) is 5.82 Å². The first-order valence-electron chi connectivity index (χ1n) is 6.62. The summed E-state index contributed by atoms with van der Waals surface area (Å²) in [6.45, 7) is 6.06. The molecule has 1 aliphatic rings. The van der Waals surface area contributed by atoms with E-state index in [-0.39, 0.29) is 11.9 Å². The number of nitrogens with zero attached hydrogens (tertiary/aromatic N) is 4. The van der Waals surface area contributed by atoms with Gasteiger partial charge >= 0.3 is 0 Å². The number of fused-ring (bicyclic) bond motifs is 1. The van der Waals surface area contributed by atoms with E-state index in [1.54, 1.807) is 12.3 Å². The summed E-state index contributed by atoms with van der Waals surface area (Å²) in [6, 6.07) is 1.46. The van der Waals surface area contributed by atoms with Gasteiger partial charge in [-0.05, 0) is 13.8 Å². The number of anilines is 1. The van der Waals surface area contributed by atoms with E-state index in [0.717, 1.165) is 24.6 Å². The van der Waals surface area contributed by atoms with Crippen LogP contribution in [0.2, 0.25) is 0 Å². The third kappa shape index (κ3) is 2.44. The maximum atomic E-state index is 12.2. The Labute approximate surface area is 116 Å². The predicted octanol–water partition coefficient (Wildman–Crippen LogP) is 1.02. The zero-order valence-electron chi connectivity index (χ0n) is 11.5. The molecular formula is C13H17N5O2. The van der Waals surface area contributed by atoms with Crippen LogP contribution in [0.3, 0.4) is 0 Å². The third-order valence-corrected chi connectivity index (χ3v) is 3.58. The Hall–Kier alpha value is -2.15. The fourth-order valence-electron chi connectivity index (χ4n) is 2.34. The van der Waals surface area contributed by atoms with Crippen LogP contribution >= 0.6 is 0 Å². The van der Waals surface area contributed by atoms with E-state index in [4.69, 9.17) is 4.52 Å². The Kier molecular flexibility index (Phi) is 3.27. The highest BCUT2D eigenvalue weighted by molar-refractivity contribution is 5.93. The molecule has 106 valence electrons. The first-order valence-corrected chi connectivity index (χ1v) is 6.62. The van der Waals surface area contributed by atoms with Crippen LogP contribution in [-0.2, 0) is 17.9 Å². The molecule has 0 radical (unpaired) electrons. The van der Waals surface area contributed by atoms with Crippen LogP contribution in [0.25, 0.3) is 0 Å². The topological polar surface area (TPSA) is 76.2 Å². The van der Waals surface area contributed by atoms with Gasteiger partial charge in [-0.25, -0.2) is 4.98 Å². The lowest BCUT2D eigenvalue weighted by molar-refractivity contribution is -0.121. The summed E-state index contributed by atoms with van der Waals surface area (Å²) in [6.07, 6.45) is 3.76. The van der Waals surface area contributed by atoms with Gasteiger partial charge in [0.2, 0.25) is 11.8 Å². The van der Waals surface area contributed by atoms with E-state index in [9.17, 15) is 4.79 Å². The minimum atomic E-state index is -0.245. The van der Waals surface area contributed by atoms with Crippen LogP contribution in [0, 0.1) is 6.92 Å². The molecule has 0 saturated carbocycles. The molecule has 3 heterocycles. The maximum Gasteiger partial charge on any atom is 0.243 e. The zero-order chi connectivity index (χ0) is 14.1. The standard InChI is InChI=1S/C13H17N5O2/c1-9-7-12(20-16-9)15-13(19)10(2)18-6-5-17-4-3-14-11(17)8-18/h3-4,7,10H,5-6,8H2,1-2H3,(H,15,19)/t10-/m1/s1. The van der Waals surface area contributed by atoms with Gasteiger partial charge in [-0.2, -0.15) is 0 Å². The van der Waals surface area contributed by atoms with Crippen LogP contribution in [-0.4, -0.2) is 38.1 Å². The second-order valence-corrected chi connectivity index (χ2v) is 5.01. The molecule has 2 aromatic rings. The minimum absolute atomic E-state index is 0.0962. The number of rotatable bonds is 3. The van der Waals surface area contributed by atoms with Crippen LogP contribution < -0.4 is 5.32 Å². The lowest BCUT2D eigenvalue weighted by Gasteiger charge is -2.31. The van der Waals surface area contributed by atoms with Crippen molar-refractivity contribution in [3.63, 3.8) is 0 Å². The summed E-state index contributed by atoms with van der Waals surface area (Å²) in [7, 11) is 0. The van der Waals surface area contributed by atoms with Crippen molar-refractivity contribution in [2.24, 2.45) is 0 Å². The second-order valence-electron chi connectivity index (χ2n) is 5.01. The number of carbonyl (C=O) groups excluding carboxylic acids is 1. The Morgan fingerprint density at radius 2 is 2.35 bits per heavy atom. The van der Waals surface area contributed by atoms with Crippen molar-refractivity contribution < 1.29 is 9.32 Å². The molecule has 7 heteroatoms. The molecule has 0 bridgehead atoms. The van der Waals surface area contributed by atoms with Gasteiger partial charge in [0.15, 0.2) is 0 Å². The molecule has 0 unspecified atom stereocenters. The fourth-order valence-corrected chi connectivity index (χ4v) is 2.34. The van der Waals surface area contributed by atoms with Crippen molar-refractivity contribution in [1.29, 1.82) is 0 Å². The smallest absolute Gasteiger partial charge is 0.243 e. The fraction of sp³-hybridized carbons (Fsp3) is 0.462. The highest BCUT2D eigenvalue weighted by Gasteiger charge is 2.26. The molecule has 20 heavy (non-hydrogen) atoms. The summed E-state index contributed by atoms with van der Waals surface area (Å²) in [4.78, 5) is 18.6. The van der Waals surface area contributed by atoms with Gasteiger partial charge in [-0.3, -0.25) is 15.0 Å². The van der Waals surface area contributed by atoms with E-state index in [0.29, 0.717) is 12.4 Å². The summed E-state index contributed by atoms with van der Waals surface area (Å²) >= 11 is 0. The van der Waals surface area contributed by atoms with Crippen LogP contribution in [0.15, 0.2) is 23.0 Å². The van der Waals surface area contributed by atoms with Crippen molar-refractivity contribution in [3.8, 4) is 0 Å². The molecule has 0 aromatic carbocycles. The van der Waals surface area contributed by atoms with Crippen molar-refractivity contribution in [2.75, 3.05) is 11.9 Å². The Bertz CT molecular complexity index is 618. The van der Waals surface area contributed by atoms with Gasteiger partial charge in [0, 0.05) is 31.5 Å². The van der Waals surface area contributed by atoms with E-state index in [1.165, 1.54) is 0 Å². The molecule has 0 aliphatic carbocycles. The van der Waals surface area contributed by atoms with E-state index in [1.807, 2.05) is 20.0 Å². The molecule has 3 rings (SSSR count). The molecule has 0 saturated heterocycles.